The van der Waals surface area contributed by atoms with Crippen LogP contribution >= 0.6 is 0 Å². The van der Waals surface area contributed by atoms with E-state index in [1.165, 1.54) is 24.3 Å². The van der Waals surface area contributed by atoms with Gasteiger partial charge in [-0.15, -0.1) is 0 Å². The summed E-state index contributed by atoms with van der Waals surface area (Å²) < 4.78 is 82.2. The summed E-state index contributed by atoms with van der Waals surface area (Å²) in [5.41, 5.74) is 3.26. The van der Waals surface area contributed by atoms with Crippen molar-refractivity contribution >= 4 is 56.8 Å². The lowest BCUT2D eigenvalue weighted by Gasteiger charge is -2.23. The summed E-state index contributed by atoms with van der Waals surface area (Å²) in [5.74, 6) is 1.37. The van der Waals surface area contributed by atoms with Crippen molar-refractivity contribution in [2.24, 2.45) is 11.8 Å². The zero-order valence-corrected chi connectivity index (χ0v) is 53.7. The molecular weight excluding hydrogens is 1230 g/mol. The molecule has 0 atom stereocenters. The number of fused-ring (bicyclic) bond motifs is 2. The number of methoxy groups -OCH3 is 3. The normalized spacial score (nSPS) is 13.1. The van der Waals surface area contributed by atoms with Gasteiger partial charge in [0.15, 0.2) is 57.6 Å². The van der Waals surface area contributed by atoms with Gasteiger partial charge in [-0.05, 0) is 180 Å². The molecule has 2 aliphatic rings. The summed E-state index contributed by atoms with van der Waals surface area (Å²) in [5, 5.41) is 17.9. The number of para-hydroxylation sites is 1. The highest BCUT2D eigenvalue weighted by molar-refractivity contribution is 6.40. The minimum absolute atomic E-state index is 0.0691. The van der Waals surface area contributed by atoms with Crippen molar-refractivity contribution in [2.75, 3.05) is 91.1 Å². The Kier molecular flexibility index (Phi) is 24.0. The van der Waals surface area contributed by atoms with Gasteiger partial charge in [0.2, 0.25) is 0 Å². The lowest BCUT2D eigenvalue weighted by atomic mass is 9.99. The molecule has 2 saturated heterocycles. The van der Waals surface area contributed by atoms with Crippen LogP contribution in [0.25, 0.3) is 21.8 Å². The van der Waals surface area contributed by atoms with E-state index in [0.717, 1.165) is 80.9 Å². The maximum Gasteiger partial charge on any atom is 0.313 e. The molecule has 0 aliphatic carbocycles. The topological polar surface area (TPSA) is 249 Å². The molecule has 9 aromatic rings. The number of carbonyl (C=O) groups is 4. The number of amides is 4. The molecule has 4 amide bonds. The molecule has 96 heavy (non-hydrogen) atoms. The van der Waals surface area contributed by atoms with Crippen LogP contribution in [0.5, 0.6) is 69.0 Å². The molecule has 6 N–H and O–H groups in total. The van der Waals surface area contributed by atoms with E-state index < -0.39 is 35.3 Å². The first-order valence-electron chi connectivity index (χ1n) is 31.7. The van der Waals surface area contributed by atoms with Crippen molar-refractivity contribution in [2.45, 2.75) is 45.4 Å². The standard InChI is InChI=1S/C38H37FN4O6.C35H39FN4O7/c1-46-35-22-30-32(23-36(35)47-24-26-13-17-40-18-14-26)41-20-16-33(30)49-34-12-9-27(21-31(34)39)43-38(45)37(44)42-19-15-25-7-10-29(11-8-25)48-28-5-3-2-4-6-28;1-4-45-32-17-22(5-7-30(32)43-2)11-15-39-34(41)35(42)40-24-6-8-29(26(36)18-24)47-28-12-16-38-27-20-33(31(44-3)19-25(27)28)46-21-23-9-13-37-14-10-23/h2-12,16,20-23,26,40H,13-15,17-19,24H2,1H3,(H,42,44)(H,43,45);5-8,12,16-20,23,37H,4,9-11,13-15,21H2,1-3H3,(H,39,41)(H,40,42). The summed E-state index contributed by atoms with van der Waals surface area (Å²) in [6.07, 6.45) is 8.31. The van der Waals surface area contributed by atoms with Crippen molar-refractivity contribution in [1.29, 1.82) is 0 Å². The largest absolute Gasteiger partial charge is 0.493 e. The molecule has 7 aromatic carbocycles. The van der Waals surface area contributed by atoms with Gasteiger partial charge in [0, 0.05) is 71.9 Å². The number of nitrogens with zero attached hydrogens (tertiary/aromatic N) is 2. The Hall–Kier alpha value is -10.8. The van der Waals surface area contributed by atoms with Gasteiger partial charge in [-0.3, -0.25) is 29.1 Å². The Morgan fingerprint density at radius 3 is 1.36 bits per heavy atom. The van der Waals surface area contributed by atoms with Gasteiger partial charge < -0.3 is 74.5 Å². The first-order valence-corrected chi connectivity index (χ1v) is 31.7. The number of pyridine rings is 2. The molecule has 2 fully saturated rings. The van der Waals surface area contributed by atoms with Crippen LogP contribution in [0.1, 0.15) is 43.7 Å². The molecule has 2 aliphatic heterocycles. The van der Waals surface area contributed by atoms with Crippen LogP contribution in [-0.4, -0.2) is 114 Å². The molecule has 23 heteroatoms. The molecule has 11 rings (SSSR count). The summed E-state index contributed by atoms with van der Waals surface area (Å²) in [4.78, 5) is 58.7. The first kappa shape index (κ1) is 68.1. The van der Waals surface area contributed by atoms with E-state index in [1.807, 2.05) is 73.7 Å². The zero-order valence-electron chi connectivity index (χ0n) is 53.7. The molecule has 2 aromatic heterocycles. The van der Waals surface area contributed by atoms with Gasteiger partial charge in [0.25, 0.3) is 0 Å². The smallest absolute Gasteiger partial charge is 0.313 e. The number of rotatable bonds is 25. The highest BCUT2D eigenvalue weighted by atomic mass is 19.1. The van der Waals surface area contributed by atoms with Gasteiger partial charge in [-0.2, -0.15) is 0 Å². The molecule has 4 heterocycles. The van der Waals surface area contributed by atoms with E-state index in [-0.39, 0.29) is 36.0 Å². The fourth-order valence-electron chi connectivity index (χ4n) is 10.7. The number of carbonyl (C=O) groups excluding carboxylic acids is 4. The van der Waals surface area contributed by atoms with E-state index in [2.05, 4.69) is 41.9 Å². The van der Waals surface area contributed by atoms with E-state index in [0.29, 0.717) is 118 Å². The predicted molar refractivity (Wildman–Crippen MR) is 360 cm³/mol. The lowest BCUT2D eigenvalue weighted by Crippen LogP contribution is -2.36. The van der Waals surface area contributed by atoms with E-state index in [9.17, 15) is 19.2 Å². The Labute approximate surface area is 554 Å². The maximum absolute atomic E-state index is 15.2. The summed E-state index contributed by atoms with van der Waals surface area (Å²) in [6, 6.07) is 40.6. The van der Waals surface area contributed by atoms with E-state index >= 15 is 8.78 Å². The third kappa shape index (κ3) is 18.7. The summed E-state index contributed by atoms with van der Waals surface area (Å²) >= 11 is 0. The van der Waals surface area contributed by atoms with Crippen LogP contribution in [-0.2, 0) is 32.0 Å². The number of aromatic nitrogens is 2. The number of benzene rings is 7. The number of anilines is 2. The summed E-state index contributed by atoms with van der Waals surface area (Å²) in [7, 11) is 4.68. The second-order valence-electron chi connectivity index (χ2n) is 22.6. The van der Waals surface area contributed by atoms with Gasteiger partial charge in [-0.25, -0.2) is 8.78 Å². The molecule has 0 radical (unpaired) electrons. The van der Waals surface area contributed by atoms with Crippen LogP contribution in [0.15, 0.2) is 158 Å². The fraction of sp³-hybridized carbons (Fsp3) is 0.288. The SMILES string of the molecule is CCOc1cc(CCNC(=O)C(=O)Nc2ccc(Oc3ccnc4cc(OCC5CCNCC5)c(OC)cc34)c(F)c2)ccc1OC.COc1cc2c(Oc3ccc(NC(=O)C(=O)NCCc4ccc(Oc5ccccc5)cc4)cc3F)ccnc2cc1OCC1CCNCC1. The van der Waals surface area contributed by atoms with Crippen molar-refractivity contribution in [1.82, 2.24) is 31.2 Å². The molecule has 0 saturated carbocycles. The quantitative estimate of drug-likeness (QED) is 0.0291. The van der Waals surface area contributed by atoms with Gasteiger partial charge >= 0.3 is 23.6 Å². The van der Waals surface area contributed by atoms with Crippen LogP contribution in [0.4, 0.5) is 20.2 Å². The third-order valence-corrected chi connectivity index (χ3v) is 15.9. The zero-order chi connectivity index (χ0) is 67.2. The lowest BCUT2D eigenvalue weighted by molar-refractivity contribution is -0.136. The molecule has 0 bridgehead atoms. The summed E-state index contributed by atoms with van der Waals surface area (Å²) in [6.45, 7) is 7.88. The van der Waals surface area contributed by atoms with Crippen LogP contribution in [0, 0.1) is 23.5 Å². The maximum atomic E-state index is 15.2. The van der Waals surface area contributed by atoms with Gasteiger partial charge in [0.05, 0.1) is 52.2 Å². The van der Waals surface area contributed by atoms with E-state index in [1.54, 1.807) is 76.2 Å². The Balaban J connectivity index is 0.000000209. The van der Waals surface area contributed by atoms with Crippen LogP contribution in [0.2, 0.25) is 0 Å². The minimum Gasteiger partial charge on any atom is -0.493 e. The van der Waals surface area contributed by atoms with Gasteiger partial charge in [0.1, 0.15) is 23.0 Å². The first-order chi connectivity index (χ1) is 46.8. The number of ether oxygens (including phenoxy) is 9. The highest BCUT2D eigenvalue weighted by Gasteiger charge is 2.22. The van der Waals surface area contributed by atoms with Crippen molar-refractivity contribution in [3.63, 3.8) is 0 Å². The van der Waals surface area contributed by atoms with Gasteiger partial charge in [-0.1, -0.05) is 36.4 Å². The average molecular weight is 1310 g/mol. The monoisotopic (exact) mass is 1310 g/mol. The average Bonchev–Trinajstić information content (AvgIpc) is 0.827. The highest BCUT2D eigenvalue weighted by Crippen LogP contribution is 2.41. The number of hydrogen-bond acceptors (Lipinski definition) is 17. The fourth-order valence-corrected chi connectivity index (χ4v) is 10.7. The van der Waals surface area contributed by atoms with Crippen molar-refractivity contribution < 1.29 is 70.6 Å². The van der Waals surface area contributed by atoms with E-state index in [4.69, 9.17) is 42.6 Å². The van der Waals surface area contributed by atoms with Crippen LogP contribution in [0.3, 0.4) is 0 Å². The predicted octanol–water partition coefficient (Wildman–Crippen LogP) is 11.9. The van der Waals surface area contributed by atoms with Crippen molar-refractivity contribution in [3.8, 4) is 69.0 Å². The number of nitrogens with one attached hydrogen (secondary N) is 6. The Morgan fingerprint density at radius 1 is 0.448 bits per heavy atom. The number of halogens is 2. The molecule has 500 valence electrons. The number of hydrogen-bond donors (Lipinski definition) is 6. The van der Waals surface area contributed by atoms with Crippen LogP contribution < -0.4 is 74.5 Å². The number of piperidine rings is 2. The molecule has 21 nitrogen and oxygen atoms in total. The molecule has 0 spiro atoms. The third-order valence-electron chi connectivity index (χ3n) is 15.9. The molecule has 0 unspecified atom stereocenters. The Morgan fingerprint density at radius 2 is 0.896 bits per heavy atom. The molecular formula is C73H76F2N8O13. The second-order valence-corrected chi connectivity index (χ2v) is 22.6. The van der Waals surface area contributed by atoms with Crippen molar-refractivity contribution in [3.05, 3.63) is 181 Å². The Bertz CT molecular complexity index is 4140. The second kappa shape index (κ2) is 33.9. The minimum atomic E-state index is -0.923.